The highest BCUT2D eigenvalue weighted by Crippen LogP contribution is 2.27. The highest BCUT2D eigenvalue weighted by Gasteiger charge is 2.24. The third-order valence-corrected chi connectivity index (χ3v) is 6.03. The predicted molar refractivity (Wildman–Crippen MR) is 127 cm³/mol. The second-order valence-corrected chi connectivity index (χ2v) is 9.14. The summed E-state index contributed by atoms with van der Waals surface area (Å²) in [6.07, 6.45) is 2.10. The van der Waals surface area contributed by atoms with Crippen molar-refractivity contribution < 1.29 is 18.8 Å². The number of nitrogens with zero attached hydrogens (tertiary/aromatic N) is 4. The van der Waals surface area contributed by atoms with Crippen molar-refractivity contribution >= 4 is 28.3 Å². The summed E-state index contributed by atoms with van der Waals surface area (Å²) in [4.78, 5) is 36.6. The molecule has 0 aliphatic heterocycles. The molecule has 0 saturated heterocycles. The van der Waals surface area contributed by atoms with Crippen molar-refractivity contribution in [3.63, 3.8) is 0 Å². The van der Waals surface area contributed by atoms with Gasteiger partial charge in [-0.2, -0.15) is 4.98 Å². The lowest BCUT2D eigenvalue weighted by atomic mass is 10.1. The van der Waals surface area contributed by atoms with Crippen molar-refractivity contribution in [1.29, 1.82) is 0 Å². The van der Waals surface area contributed by atoms with E-state index in [2.05, 4.69) is 15.1 Å². The molecule has 176 valence electrons. The van der Waals surface area contributed by atoms with Crippen LogP contribution in [0, 0.1) is 6.92 Å². The van der Waals surface area contributed by atoms with Crippen molar-refractivity contribution in [1.82, 2.24) is 15.1 Å². The molecule has 2 aromatic heterocycles. The molecule has 0 unspecified atom stereocenters. The second kappa shape index (κ2) is 11.7. The van der Waals surface area contributed by atoms with E-state index in [0.29, 0.717) is 49.1 Å². The molecule has 0 fully saturated rings. The number of esters is 1. The molecule has 1 aromatic carbocycles. The molecule has 0 radical (unpaired) electrons. The lowest BCUT2D eigenvalue weighted by molar-refractivity contribution is -0.118. The summed E-state index contributed by atoms with van der Waals surface area (Å²) < 4.78 is 10.4. The maximum Gasteiger partial charge on any atom is 0.358 e. The molecule has 0 aliphatic rings. The SMILES string of the molecule is CCOC(=O)c1nc(N(CCc2ccccc2)C(=O)CCCc2nc(C(C)C)no2)sc1C. The van der Waals surface area contributed by atoms with Gasteiger partial charge < -0.3 is 9.26 Å². The van der Waals surface area contributed by atoms with Crippen molar-refractivity contribution in [2.75, 3.05) is 18.1 Å². The van der Waals surface area contributed by atoms with E-state index in [9.17, 15) is 9.59 Å². The molecular formula is C24H30N4O4S. The van der Waals surface area contributed by atoms with E-state index in [1.165, 1.54) is 11.3 Å². The van der Waals surface area contributed by atoms with Gasteiger partial charge in [-0.15, -0.1) is 11.3 Å². The van der Waals surface area contributed by atoms with Crippen LogP contribution < -0.4 is 4.90 Å². The van der Waals surface area contributed by atoms with Gasteiger partial charge in [0, 0.05) is 30.2 Å². The molecule has 0 aliphatic carbocycles. The lowest BCUT2D eigenvalue weighted by Crippen LogP contribution is -2.33. The first kappa shape index (κ1) is 24.6. The molecule has 3 rings (SSSR count). The highest BCUT2D eigenvalue weighted by molar-refractivity contribution is 7.16. The van der Waals surface area contributed by atoms with Crippen molar-refractivity contribution in [3.8, 4) is 0 Å². The van der Waals surface area contributed by atoms with Crippen LogP contribution in [0.25, 0.3) is 0 Å². The second-order valence-electron chi connectivity index (χ2n) is 7.96. The molecule has 0 bridgehead atoms. The topological polar surface area (TPSA) is 98.4 Å². The fourth-order valence-electron chi connectivity index (χ4n) is 3.23. The van der Waals surface area contributed by atoms with Crippen LogP contribution in [0.3, 0.4) is 0 Å². The Labute approximate surface area is 198 Å². The molecule has 33 heavy (non-hydrogen) atoms. The number of hydrogen-bond acceptors (Lipinski definition) is 8. The summed E-state index contributed by atoms with van der Waals surface area (Å²) in [5, 5.41) is 4.48. The minimum atomic E-state index is -0.467. The maximum atomic E-state index is 13.2. The summed E-state index contributed by atoms with van der Waals surface area (Å²) >= 11 is 1.33. The minimum absolute atomic E-state index is 0.0568. The number of benzene rings is 1. The van der Waals surface area contributed by atoms with Gasteiger partial charge in [0.25, 0.3) is 0 Å². The van der Waals surface area contributed by atoms with Crippen molar-refractivity contribution in [2.24, 2.45) is 0 Å². The monoisotopic (exact) mass is 470 g/mol. The van der Waals surface area contributed by atoms with Gasteiger partial charge in [-0.25, -0.2) is 9.78 Å². The zero-order chi connectivity index (χ0) is 23.8. The zero-order valence-electron chi connectivity index (χ0n) is 19.5. The van der Waals surface area contributed by atoms with Crippen LogP contribution in [0.4, 0.5) is 5.13 Å². The van der Waals surface area contributed by atoms with E-state index in [0.717, 1.165) is 10.4 Å². The molecule has 0 atom stereocenters. The first-order chi connectivity index (χ1) is 15.9. The molecule has 0 N–H and O–H groups in total. The van der Waals surface area contributed by atoms with Gasteiger partial charge >= 0.3 is 5.97 Å². The summed E-state index contributed by atoms with van der Waals surface area (Å²) in [6, 6.07) is 9.97. The van der Waals surface area contributed by atoms with Crippen LogP contribution in [0.2, 0.25) is 0 Å². The van der Waals surface area contributed by atoms with E-state index in [-0.39, 0.29) is 24.1 Å². The maximum absolute atomic E-state index is 13.2. The number of carbonyl (C=O) groups is 2. The molecule has 2 heterocycles. The van der Waals surface area contributed by atoms with Gasteiger partial charge in [0.2, 0.25) is 11.8 Å². The Morgan fingerprint density at radius 1 is 1.15 bits per heavy atom. The molecule has 8 nitrogen and oxygen atoms in total. The smallest absolute Gasteiger partial charge is 0.358 e. The predicted octanol–water partition coefficient (Wildman–Crippen LogP) is 4.73. The standard InChI is InChI=1S/C24H30N4O4S/c1-5-31-23(30)21-17(4)33-24(26-21)28(15-14-18-10-7-6-8-11-18)20(29)13-9-12-19-25-22(16(2)3)27-32-19/h6-8,10-11,16H,5,9,12-15H2,1-4H3. The van der Waals surface area contributed by atoms with Gasteiger partial charge in [0.1, 0.15) is 0 Å². The number of ether oxygens (including phenoxy) is 1. The van der Waals surface area contributed by atoms with Gasteiger partial charge in [0.15, 0.2) is 16.6 Å². The molecular weight excluding hydrogens is 440 g/mol. The van der Waals surface area contributed by atoms with E-state index in [1.54, 1.807) is 11.8 Å². The number of anilines is 1. The Hall–Kier alpha value is -3.07. The summed E-state index contributed by atoms with van der Waals surface area (Å²) in [6.45, 7) is 8.32. The van der Waals surface area contributed by atoms with Crippen LogP contribution >= 0.6 is 11.3 Å². The first-order valence-corrected chi connectivity index (χ1v) is 12.0. The third kappa shape index (κ3) is 6.71. The van der Waals surface area contributed by atoms with Crippen LogP contribution in [0.5, 0.6) is 0 Å². The number of hydrogen-bond donors (Lipinski definition) is 0. The number of thiazole rings is 1. The normalized spacial score (nSPS) is 11.1. The average Bonchev–Trinajstić information content (AvgIpc) is 3.42. The van der Waals surface area contributed by atoms with Gasteiger partial charge in [-0.05, 0) is 32.3 Å². The lowest BCUT2D eigenvalue weighted by Gasteiger charge is -2.20. The Morgan fingerprint density at radius 3 is 2.58 bits per heavy atom. The number of aromatic nitrogens is 3. The van der Waals surface area contributed by atoms with E-state index < -0.39 is 5.97 Å². The number of rotatable bonds is 11. The Balaban J connectivity index is 1.71. The Bertz CT molecular complexity index is 1060. The summed E-state index contributed by atoms with van der Waals surface area (Å²) in [5.41, 5.74) is 1.39. The molecule has 9 heteroatoms. The third-order valence-electron chi connectivity index (χ3n) is 5.03. The fourth-order valence-corrected chi connectivity index (χ4v) is 4.17. The number of amides is 1. The number of carbonyl (C=O) groups excluding carboxylic acids is 2. The first-order valence-electron chi connectivity index (χ1n) is 11.2. The van der Waals surface area contributed by atoms with E-state index in [4.69, 9.17) is 9.26 Å². The highest BCUT2D eigenvalue weighted by atomic mass is 32.1. The van der Waals surface area contributed by atoms with Crippen molar-refractivity contribution in [2.45, 2.75) is 59.3 Å². The van der Waals surface area contributed by atoms with Crippen LogP contribution in [0.15, 0.2) is 34.9 Å². The molecule has 0 saturated carbocycles. The largest absolute Gasteiger partial charge is 0.461 e. The average molecular weight is 471 g/mol. The van der Waals surface area contributed by atoms with Gasteiger partial charge in [-0.3, -0.25) is 9.69 Å². The quantitative estimate of drug-likeness (QED) is 0.374. The van der Waals surface area contributed by atoms with Crippen LogP contribution in [-0.4, -0.2) is 40.2 Å². The van der Waals surface area contributed by atoms with Crippen molar-refractivity contribution in [3.05, 3.63) is 58.2 Å². The van der Waals surface area contributed by atoms with E-state index >= 15 is 0 Å². The Morgan fingerprint density at radius 2 is 1.91 bits per heavy atom. The molecule has 1 amide bonds. The zero-order valence-corrected chi connectivity index (χ0v) is 20.4. The molecule has 0 spiro atoms. The number of aryl methyl sites for hydroxylation is 2. The molecule has 3 aromatic rings. The van der Waals surface area contributed by atoms with Gasteiger partial charge in [0.05, 0.1) is 6.61 Å². The minimum Gasteiger partial charge on any atom is -0.461 e. The summed E-state index contributed by atoms with van der Waals surface area (Å²) in [5.74, 6) is 0.880. The Kier molecular flexibility index (Phi) is 8.71. The fraction of sp³-hybridized carbons (Fsp3) is 0.458. The van der Waals surface area contributed by atoms with Crippen LogP contribution in [-0.2, 0) is 22.4 Å². The summed E-state index contributed by atoms with van der Waals surface area (Å²) in [7, 11) is 0. The van der Waals surface area contributed by atoms with Crippen LogP contribution in [0.1, 0.15) is 72.2 Å². The van der Waals surface area contributed by atoms with Gasteiger partial charge in [-0.1, -0.05) is 49.3 Å². The van der Waals surface area contributed by atoms with E-state index in [1.807, 2.05) is 51.1 Å².